The molecule has 7 nitrogen and oxygen atoms in total. The first-order valence-corrected chi connectivity index (χ1v) is 10.6. The maximum atomic E-state index is 15.1. The van der Waals surface area contributed by atoms with E-state index in [2.05, 4.69) is 15.3 Å². The lowest BCUT2D eigenvalue weighted by atomic mass is 10.1. The van der Waals surface area contributed by atoms with Gasteiger partial charge in [-0.3, -0.25) is 4.79 Å². The van der Waals surface area contributed by atoms with Gasteiger partial charge in [-0.15, -0.1) is 0 Å². The summed E-state index contributed by atoms with van der Waals surface area (Å²) in [6.07, 6.45) is 4.36. The Kier molecular flexibility index (Phi) is 6.01. The van der Waals surface area contributed by atoms with E-state index in [1.807, 2.05) is 41.0 Å². The van der Waals surface area contributed by atoms with Gasteiger partial charge in [0.1, 0.15) is 18.2 Å². The van der Waals surface area contributed by atoms with Gasteiger partial charge in [-0.2, -0.15) is 4.39 Å². The van der Waals surface area contributed by atoms with Crippen LogP contribution in [0.3, 0.4) is 0 Å². The van der Waals surface area contributed by atoms with E-state index in [9.17, 15) is 4.79 Å². The second-order valence-electron chi connectivity index (χ2n) is 7.99. The molecule has 30 heavy (non-hydrogen) atoms. The number of carbonyl (C=O) groups excluding carboxylic acids is 1. The van der Waals surface area contributed by atoms with Crippen LogP contribution in [0.5, 0.6) is 5.75 Å². The molecule has 1 aromatic heterocycles. The summed E-state index contributed by atoms with van der Waals surface area (Å²) in [5, 5.41) is 2.87. The van der Waals surface area contributed by atoms with Crippen molar-refractivity contribution < 1.29 is 13.9 Å². The van der Waals surface area contributed by atoms with E-state index in [0.717, 1.165) is 43.7 Å². The van der Waals surface area contributed by atoms with E-state index < -0.39 is 0 Å². The van der Waals surface area contributed by atoms with Crippen LogP contribution in [-0.2, 0) is 4.79 Å². The van der Waals surface area contributed by atoms with Crippen molar-refractivity contribution in [2.24, 2.45) is 0 Å². The van der Waals surface area contributed by atoms with Crippen molar-refractivity contribution in [3.8, 4) is 5.75 Å². The molecule has 8 heteroatoms. The van der Waals surface area contributed by atoms with E-state index in [-0.39, 0.29) is 23.9 Å². The molecule has 1 N–H and O–H groups in total. The van der Waals surface area contributed by atoms with Crippen molar-refractivity contribution in [3.63, 3.8) is 0 Å². The molecule has 0 unspecified atom stereocenters. The second kappa shape index (κ2) is 8.85. The smallest absolute Gasteiger partial charge is 0.217 e. The topological polar surface area (TPSA) is 70.6 Å². The Morgan fingerprint density at radius 2 is 1.80 bits per heavy atom. The number of benzene rings is 1. The summed E-state index contributed by atoms with van der Waals surface area (Å²) in [6.45, 7) is 6.41. The predicted octanol–water partition coefficient (Wildman–Crippen LogP) is 3.07. The van der Waals surface area contributed by atoms with Gasteiger partial charge in [0.2, 0.25) is 11.7 Å². The fourth-order valence-corrected chi connectivity index (χ4v) is 4.15. The van der Waals surface area contributed by atoms with Crippen LogP contribution < -0.4 is 19.9 Å². The lowest BCUT2D eigenvalue weighted by molar-refractivity contribution is -0.119. The van der Waals surface area contributed by atoms with Gasteiger partial charge < -0.3 is 19.9 Å². The summed E-state index contributed by atoms with van der Waals surface area (Å²) in [5.41, 5.74) is 1.02. The number of halogens is 1. The van der Waals surface area contributed by atoms with Crippen molar-refractivity contribution in [3.05, 3.63) is 42.0 Å². The van der Waals surface area contributed by atoms with E-state index >= 15 is 4.39 Å². The molecule has 0 bridgehead atoms. The van der Waals surface area contributed by atoms with Gasteiger partial charge >= 0.3 is 0 Å². The average Bonchev–Trinajstić information content (AvgIpc) is 3.40. The molecule has 1 amide bonds. The molecular weight excluding hydrogens is 385 g/mol. The average molecular weight is 413 g/mol. The maximum Gasteiger partial charge on any atom is 0.217 e. The lowest BCUT2D eigenvalue weighted by Gasteiger charge is -2.22. The molecule has 2 aliphatic heterocycles. The molecular formula is C22H28FN5O2. The number of ether oxygens (including phenoxy) is 1. The lowest BCUT2D eigenvalue weighted by Crippen LogP contribution is -2.28. The molecule has 2 saturated heterocycles. The highest BCUT2D eigenvalue weighted by Gasteiger charge is 2.29. The van der Waals surface area contributed by atoms with Crippen LogP contribution in [0.1, 0.15) is 44.7 Å². The van der Waals surface area contributed by atoms with Crippen molar-refractivity contribution in [1.29, 1.82) is 0 Å². The first-order valence-electron chi connectivity index (χ1n) is 10.6. The van der Waals surface area contributed by atoms with Crippen molar-refractivity contribution in [2.75, 3.05) is 36.0 Å². The number of nitrogens with zero attached hydrogens (tertiary/aromatic N) is 4. The number of rotatable bonds is 6. The number of carbonyl (C=O) groups is 1. The minimum atomic E-state index is -0.337. The number of amides is 1. The zero-order chi connectivity index (χ0) is 21.1. The Bertz CT molecular complexity index is 886. The number of anilines is 2. The van der Waals surface area contributed by atoms with Gasteiger partial charge in [-0.25, -0.2) is 9.97 Å². The van der Waals surface area contributed by atoms with Gasteiger partial charge in [-0.1, -0.05) is 12.1 Å². The van der Waals surface area contributed by atoms with Crippen LogP contribution in [0.15, 0.2) is 30.6 Å². The Labute approximate surface area is 176 Å². The van der Waals surface area contributed by atoms with Crippen molar-refractivity contribution in [2.45, 2.75) is 45.3 Å². The largest absolute Gasteiger partial charge is 0.489 e. The Balaban J connectivity index is 1.38. The third-order valence-corrected chi connectivity index (χ3v) is 5.71. The minimum Gasteiger partial charge on any atom is -0.489 e. The predicted molar refractivity (Wildman–Crippen MR) is 113 cm³/mol. The van der Waals surface area contributed by atoms with E-state index in [0.29, 0.717) is 24.7 Å². The van der Waals surface area contributed by atoms with Crippen LogP contribution in [0.2, 0.25) is 0 Å². The summed E-state index contributed by atoms with van der Waals surface area (Å²) in [6, 6.07) is 7.67. The number of hydrogen-bond donors (Lipinski definition) is 1. The Hall–Kier alpha value is -2.90. The minimum absolute atomic E-state index is 0.0341. The van der Waals surface area contributed by atoms with Crippen LogP contribution in [0.4, 0.5) is 16.0 Å². The molecule has 0 spiro atoms. The molecule has 4 rings (SSSR count). The molecule has 0 radical (unpaired) electrons. The van der Waals surface area contributed by atoms with E-state index in [1.165, 1.54) is 13.3 Å². The number of nitrogens with one attached hydrogen (secondary N) is 1. The van der Waals surface area contributed by atoms with Crippen LogP contribution in [-0.4, -0.2) is 48.2 Å². The van der Waals surface area contributed by atoms with Gasteiger partial charge in [0.15, 0.2) is 11.6 Å². The molecule has 3 heterocycles. The molecule has 2 atom stereocenters. The SMILES string of the molecule is CC(=O)N[C@@H](C)c1ccc(O[C@@H]2CCN(c3ncnc(N4CCCC4)c3F)C2)cc1. The third-order valence-electron chi connectivity index (χ3n) is 5.71. The van der Waals surface area contributed by atoms with Crippen LogP contribution >= 0.6 is 0 Å². The molecule has 1 aromatic carbocycles. The summed E-state index contributed by atoms with van der Waals surface area (Å²) >= 11 is 0. The summed E-state index contributed by atoms with van der Waals surface area (Å²) in [5.74, 6) is 1.14. The second-order valence-corrected chi connectivity index (χ2v) is 7.99. The van der Waals surface area contributed by atoms with Crippen molar-refractivity contribution in [1.82, 2.24) is 15.3 Å². The highest BCUT2D eigenvalue weighted by Crippen LogP contribution is 2.30. The summed E-state index contributed by atoms with van der Waals surface area (Å²) in [7, 11) is 0. The molecule has 2 aromatic rings. The highest BCUT2D eigenvalue weighted by atomic mass is 19.1. The molecule has 160 valence electrons. The molecule has 0 aliphatic carbocycles. The normalized spacial score (nSPS) is 19.8. The third kappa shape index (κ3) is 4.47. The van der Waals surface area contributed by atoms with Crippen LogP contribution in [0.25, 0.3) is 0 Å². The Morgan fingerprint density at radius 1 is 1.13 bits per heavy atom. The van der Waals surface area contributed by atoms with Gasteiger partial charge in [0.05, 0.1) is 12.6 Å². The van der Waals surface area contributed by atoms with E-state index in [4.69, 9.17) is 4.74 Å². The summed E-state index contributed by atoms with van der Waals surface area (Å²) < 4.78 is 21.2. The molecule has 0 saturated carbocycles. The number of aromatic nitrogens is 2. The Morgan fingerprint density at radius 3 is 2.47 bits per heavy atom. The maximum absolute atomic E-state index is 15.1. The van der Waals surface area contributed by atoms with Gasteiger partial charge in [0.25, 0.3) is 0 Å². The first-order chi connectivity index (χ1) is 14.5. The monoisotopic (exact) mass is 413 g/mol. The summed E-state index contributed by atoms with van der Waals surface area (Å²) in [4.78, 5) is 23.5. The van der Waals surface area contributed by atoms with Gasteiger partial charge in [0, 0.05) is 33.0 Å². The zero-order valence-corrected chi connectivity index (χ0v) is 17.5. The zero-order valence-electron chi connectivity index (χ0n) is 17.5. The fraction of sp³-hybridized carbons (Fsp3) is 0.500. The van der Waals surface area contributed by atoms with Crippen LogP contribution in [0, 0.1) is 5.82 Å². The van der Waals surface area contributed by atoms with Crippen molar-refractivity contribution >= 4 is 17.5 Å². The number of hydrogen-bond acceptors (Lipinski definition) is 6. The van der Waals surface area contributed by atoms with E-state index in [1.54, 1.807) is 0 Å². The highest BCUT2D eigenvalue weighted by molar-refractivity contribution is 5.73. The standard InChI is InChI=1S/C22H28FN5O2/c1-15(26-16(2)29)17-5-7-18(8-6-17)30-19-9-12-28(13-19)22-20(23)21(24-14-25-22)27-10-3-4-11-27/h5-8,14-15,19H,3-4,9-13H2,1-2H3,(H,26,29)/t15-,19+/m0/s1. The quantitative estimate of drug-likeness (QED) is 0.785. The fourth-order valence-electron chi connectivity index (χ4n) is 4.15. The molecule has 2 aliphatic rings. The van der Waals surface area contributed by atoms with Gasteiger partial charge in [-0.05, 0) is 37.5 Å². The molecule has 2 fully saturated rings. The first kappa shape index (κ1) is 20.4.